The van der Waals surface area contributed by atoms with Crippen LogP contribution in [0.2, 0.25) is 0 Å². The van der Waals surface area contributed by atoms with Crippen LogP contribution in [0.3, 0.4) is 0 Å². The Morgan fingerprint density at radius 1 is 1.11 bits per heavy atom. The lowest BCUT2D eigenvalue weighted by Crippen LogP contribution is -2.18. The predicted octanol–water partition coefficient (Wildman–Crippen LogP) is 4.84. The molecule has 1 rings (SSSR count). The van der Waals surface area contributed by atoms with E-state index < -0.39 is 35.1 Å². The van der Waals surface area contributed by atoms with Gasteiger partial charge in [0.15, 0.2) is 0 Å². The third-order valence-corrected chi connectivity index (χ3v) is 3.06. The van der Waals surface area contributed by atoms with Crippen molar-refractivity contribution < 1.29 is 31.4 Å². The summed E-state index contributed by atoms with van der Waals surface area (Å²) in [5.41, 5.74) is -1.83. The van der Waals surface area contributed by atoms with Gasteiger partial charge in [-0.2, -0.15) is 26.3 Å². The summed E-state index contributed by atoms with van der Waals surface area (Å²) in [5.74, 6) is -3.21. The van der Waals surface area contributed by atoms with Gasteiger partial charge in [0.25, 0.3) is 0 Å². The highest BCUT2D eigenvalue weighted by atomic mass is 79.9. The highest BCUT2D eigenvalue weighted by Gasteiger charge is 2.40. The summed E-state index contributed by atoms with van der Waals surface area (Å²) < 4.78 is 74.2. The van der Waals surface area contributed by atoms with Crippen LogP contribution in [0, 0.1) is 0 Å². The maximum absolute atomic E-state index is 12.5. The number of hydrogen-bond donors (Lipinski definition) is 1. The number of phenolic OH excluding ortho intramolecular Hbond substituents is 1. The van der Waals surface area contributed by atoms with E-state index >= 15 is 0 Å². The van der Waals surface area contributed by atoms with Gasteiger partial charge in [-0.25, -0.2) is 0 Å². The molecule has 0 aliphatic heterocycles. The zero-order valence-electron chi connectivity index (χ0n) is 8.83. The summed E-state index contributed by atoms with van der Waals surface area (Å²) in [4.78, 5) is 0. The summed E-state index contributed by atoms with van der Waals surface area (Å²) >= 11 is 2.66. The molecular formula is C10H7BrF6O. The summed E-state index contributed by atoms with van der Waals surface area (Å²) in [6, 6.07) is 0.915. The molecule has 0 bridgehead atoms. The molecule has 0 aliphatic rings. The number of phenols is 1. The van der Waals surface area contributed by atoms with Crippen molar-refractivity contribution in [3.05, 3.63) is 27.7 Å². The molecule has 0 heterocycles. The third kappa shape index (κ3) is 3.09. The zero-order chi connectivity index (χ0) is 14.3. The molecule has 1 aromatic rings. The Kier molecular flexibility index (Phi) is 3.90. The Morgan fingerprint density at radius 3 is 2.00 bits per heavy atom. The van der Waals surface area contributed by atoms with Crippen LogP contribution in [0.15, 0.2) is 16.6 Å². The molecule has 8 heteroatoms. The lowest BCUT2D eigenvalue weighted by molar-refractivity contribution is -0.146. The maximum Gasteiger partial charge on any atom is 0.419 e. The molecule has 0 amide bonds. The van der Waals surface area contributed by atoms with Crippen molar-refractivity contribution in [3.63, 3.8) is 0 Å². The monoisotopic (exact) mass is 336 g/mol. The molecule has 0 spiro atoms. The van der Waals surface area contributed by atoms with Crippen molar-refractivity contribution in [3.8, 4) is 5.75 Å². The largest absolute Gasteiger partial charge is 0.507 e. The molecule has 1 nitrogen and oxygen atoms in total. The molecule has 1 atom stereocenters. The second kappa shape index (κ2) is 4.64. The molecule has 0 fully saturated rings. The Balaban J connectivity index is 3.33. The molecule has 1 aromatic carbocycles. The molecule has 0 radical (unpaired) electrons. The van der Waals surface area contributed by atoms with Crippen molar-refractivity contribution in [2.24, 2.45) is 0 Å². The van der Waals surface area contributed by atoms with E-state index in [1.807, 2.05) is 0 Å². The summed E-state index contributed by atoms with van der Waals surface area (Å²) in [7, 11) is 0. The molecular weight excluding hydrogens is 330 g/mol. The van der Waals surface area contributed by atoms with Crippen LogP contribution in [0.1, 0.15) is 24.0 Å². The molecule has 1 unspecified atom stereocenters. The molecule has 0 aromatic heterocycles. The van der Waals surface area contributed by atoms with Crippen LogP contribution >= 0.6 is 15.9 Å². The van der Waals surface area contributed by atoms with Crippen LogP contribution in [0.25, 0.3) is 0 Å². The van der Waals surface area contributed by atoms with E-state index in [1.54, 1.807) is 0 Å². The van der Waals surface area contributed by atoms with E-state index in [9.17, 15) is 26.3 Å². The van der Waals surface area contributed by atoms with Crippen LogP contribution in [0.4, 0.5) is 26.3 Å². The number of hydrogen-bond acceptors (Lipinski definition) is 1. The van der Waals surface area contributed by atoms with Crippen molar-refractivity contribution in [2.45, 2.75) is 25.2 Å². The van der Waals surface area contributed by atoms with Gasteiger partial charge in [0.05, 0.1) is 11.5 Å². The van der Waals surface area contributed by atoms with Gasteiger partial charge in [-0.3, -0.25) is 0 Å². The van der Waals surface area contributed by atoms with Gasteiger partial charge in [-0.15, -0.1) is 0 Å². The smallest absolute Gasteiger partial charge is 0.419 e. The Morgan fingerprint density at radius 2 is 1.61 bits per heavy atom. The Labute approximate surface area is 107 Å². The number of benzene rings is 1. The van der Waals surface area contributed by atoms with Crippen molar-refractivity contribution >= 4 is 15.9 Å². The summed E-state index contributed by atoms with van der Waals surface area (Å²) in [6.07, 6.45) is -9.43. The van der Waals surface area contributed by atoms with Crippen molar-refractivity contribution in [1.29, 1.82) is 0 Å². The van der Waals surface area contributed by atoms with Gasteiger partial charge in [0.1, 0.15) is 5.75 Å². The van der Waals surface area contributed by atoms with Crippen LogP contribution in [-0.4, -0.2) is 11.3 Å². The van der Waals surface area contributed by atoms with E-state index in [4.69, 9.17) is 5.11 Å². The number of alkyl halides is 6. The minimum atomic E-state index is -4.83. The fourth-order valence-electron chi connectivity index (χ4n) is 1.31. The average Bonchev–Trinajstić information content (AvgIpc) is 2.16. The molecule has 0 saturated carbocycles. The lowest BCUT2D eigenvalue weighted by Gasteiger charge is -2.19. The zero-order valence-corrected chi connectivity index (χ0v) is 10.4. The third-order valence-electron chi connectivity index (χ3n) is 2.38. The van der Waals surface area contributed by atoms with Gasteiger partial charge in [0.2, 0.25) is 0 Å². The first kappa shape index (κ1) is 15.1. The molecule has 102 valence electrons. The fourth-order valence-corrected chi connectivity index (χ4v) is 2.00. The minimum Gasteiger partial charge on any atom is -0.507 e. The van der Waals surface area contributed by atoms with Crippen molar-refractivity contribution in [1.82, 2.24) is 0 Å². The van der Waals surface area contributed by atoms with E-state index in [-0.39, 0.29) is 4.47 Å². The van der Waals surface area contributed by atoms with E-state index in [1.165, 1.54) is 0 Å². The van der Waals surface area contributed by atoms with E-state index in [2.05, 4.69) is 15.9 Å². The van der Waals surface area contributed by atoms with Gasteiger partial charge in [-0.05, 0) is 24.6 Å². The van der Waals surface area contributed by atoms with Crippen LogP contribution in [-0.2, 0) is 6.18 Å². The summed E-state index contributed by atoms with van der Waals surface area (Å²) in [5, 5.41) is 9.16. The highest BCUT2D eigenvalue weighted by Crippen LogP contribution is 2.43. The Hall–Kier alpha value is -0.920. The van der Waals surface area contributed by atoms with Gasteiger partial charge < -0.3 is 5.11 Å². The first-order valence-corrected chi connectivity index (χ1v) is 5.40. The van der Waals surface area contributed by atoms with Gasteiger partial charge >= 0.3 is 12.4 Å². The first-order chi connectivity index (χ1) is 7.94. The number of aromatic hydroxyl groups is 1. The van der Waals surface area contributed by atoms with Gasteiger partial charge in [0, 0.05) is 4.47 Å². The average molecular weight is 337 g/mol. The predicted molar refractivity (Wildman–Crippen MR) is 55.3 cm³/mol. The van der Waals surface area contributed by atoms with Crippen molar-refractivity contribution in [2.75, 3.05) is 0 Å². The highest BCUT2D eigenvalue weighted by molar-refractivity contribution is 9.10. The van der Waals surface area contributed by atoms with Crippen LogP contribution < -0.4 is 0 Å². The topological polar surface area (TPSA) is 20.2 Å². The van der Waals surface area contributed by atoms with E-state index in [0.717, 1.165) is 6.92 Å². The second-order valence-corrected chi connectivity index (χ2v) is 4.51. The number of rotatable bonds is 1. The maximum atomic E-state index is 12.5. The van der Waals surface area contributed by atoms with E-state index in [0.29, 0.717) is 12.1 Å². The quantitative estimate of drug-likeness (QED) is 0.727. The first-order valence-electron chi connectivity index (χ1n) is 4.61. The minimum absolute atomic E-state index is 0.350. The Bertz CT molecular complexity index is 451. The number of halogens is 7. The lowest BCUT2D eigenvalue weighted by atomic mass is 9.98. The standard InChI is InChI=1S/C10H7BrF6O/c1-4(9(12,13)14)5-2-8(18)6(3-7(5)11)10(15,16)17/h2-4,18H,1H3. The second-order valence-electron chi connectivity index (χ2n) is 3.65. The molecule has 0 aliphatic carbocycles. The molecule has 1 N–H and O–H groups in total. The normalized spacial score (nSPS) is 14.7. The van der Waals surface area contributed by atoms with Gasteiger partial charge in [-0.1, -0.05) is 15.9 Å². The summed E-state index contributed by atoms with van der Waals surface area (Å²) in [6.45, 7) is 0.798. The fraction of sp³-hybridized carbons (Fsp3) is 0.400. The SMILES string of the molecule is CC(c1cc(O)c(C(F)(F)F)cc1Br)C(F)(F)F. The molecule has 18 heavy (non-hydrogen) atoms. The van der Waals surface area contributed by atoms with Crippen LogP contribution in [0.5, 0.6) is 5.75 Å². The molecule has 0 saturated heterocycles.